The predicted molar refractivity (Wildman–Crippen MR) is 46.6 cm³/mol. The second kappa shape index (κ2) is 3.85. The highest BCUT2D eigenvalue weighted by molar-refractivity contribution is 5.15. The van der Waals surface area contributed by atoms with Gasteiger partial charge in [0, 0.05) is 18.3 Å². The van der Waals surface area contributed by atoms with E-state index in [-0.39, 0.29) is 4.92 Å². The summed E-state index contributed by atoms with van der Waals surface area (Å²) in [5.74, 6) is 0. The average Bonchev–Trinajstić information content (AvgIpc) is 2.06. The van der Waals surface area contributed by atoms with Crippen LogP contribution in [0.5, 0.6) is 0 Å². The van der Waals surface area contributed by atoms with Crippen molar-refractivity contribution < 1.29 is 4.92 Å². The second-order valence-corrected chi connectivity index (χ2v) is 2.82. The molecule has 0 aliphatic rings. The second-order valence-electron chi connectivity index (χ2n) is 2.82. The third kappa shape index (κ3) is 2.34. The molecule has 1 rings (SSSR count). The molecule has 0 aliphatic carbocycles. The standard InChI is InChI=1S/C9H11NO2/c1-8(10(11)12)7-9-5-3-2-4-6-9/h2-6,8H,7H2,1H3. The molecular formula is C9H11NO2. The Balaban J connectivity index is 2.58. The summed E-state index contributed by atoms with van der Waals surface area (Å²) in [6.45, 7) is 1.62. The molecule has 0 spiro atoms. The van der Waals surface area contributed by atoms with Crippen LogP contribution in [0.25, 0.3) is 0 Å². The molecule has 1 atom stereocenters. The van der Waals surface area contributed by atoms with Crippen LogP contribution < -0.4 is 0 Å². The fraction of sp³-hybridized carbons (Fsp3) is 0.333. The Labute approximate surface area is 71.2 Å². The first-order valence-corrected chi connectivity index (χ1v) is 3.87. The van der Waals surface area contributed by atoms with E-state index in [1.54, 1.807) is 6.92 Å². The topological polar surface area (TPSA) is 43.1 Å². The van der Waals surface area contributed by atoms with Crippen LogP contribution >= 0.6 is 0 Å². The summed E-state index contributed by atoms with van der Waals surface area (Å²) in [6.07, 6.45) is 0.508. The summed E-state index contributed by atoms with van der Waals surface area (Å²) < 4.78 is 0. The Morgan fingerprint density at radius 1 is 1.42 bits per heavy atom. The summed E-state index contributed by atoms with van der Waals surface area (Å²) in [6, 6.07) is 9.00. The minimum atomic E-state index is -0.493. The van der Waals surface area contributed by atoms with E-state index in [0.717, 1.165) is 5.56 Å². The van der Waals surface area contributed by atoms with Crippen molar-refractivity contribution in [1.82, 2.24) is 0 Å². The van der Waals surface area contributed by atoms with Gasteiger partial charge in [-0.2, -0.15) is 0 Å². The lowest BCUT2D eigenvalue weighted by Crippen LogP contribution is -2.17. The summed E-state index contributed by atoms with van der Waals surface area (Å²) in [5.41, 5.74) is 1.02. The molecule has 64 valence electrons. The Bertz CT molecular complexity index is 258. The highest BCUT2D eigenvalue weighted by Gasteiger charge is 2.12. The van der Waals surface area contributed by atoms with Gasteiger partial charge in [0.2, 0.25) is 6.04 Å². The first kappa shape index (κ1) is 8.71. The van der Waals surface area contributed by atoms with Gasteiger partial charge in [0.25, 0.3) is 0 Å². The number of rotatable bonds is 3. The van der Waals surface area contributed by atoms with Crippen LogP contribution in [0.2, 0.25) is 0 Å². The van der Waals surface area contributed by atoms with Crippen molar-refractivity contribution in [3.05, 3.63) is 46.0 Å². The van der Waals surface area contributed by atoms with Crippen LogP contribution in [-0.2, 0) is 6.42 Å². The van der Waals surface area contributed by atoms with Crippen LogP contribution in [0.1, 0.15) is 12.5 Å². The lowest BCUT2D eigenvalue weighted by Gasteiger charge is -2.02. The van der Waals surface area contributed by atoms with Gasteiger partial charge in [-0.1, -0.05) is 30.3 Å². The molecule has 0 aliphatic heterocycles. The van der Waals surface area contributed by atoms with Crippen molar-refractivity contribution in [1.29, 1.82) is 0 Å². The quantitative estimate of drug-likeness (QED) is 0.507. The monoisotopic (exact) mass is 165 g/mol. The third-order valence-corrected chi connectivity index (χ3v) is 1.73. The van der Waals surface area contributed by atoms with Gasteiger partial charge in [0.05, 0.1) is 0 Å². The van der Waals surface area contributed by atoms with Gasteiger partial charge in [-0.05, 0) is 5.56 Å². The summed E-state index contributed by atoms with van der Waals surface area (Å²) >= 11 is 0. The van der Waals surface area contributed by atoms with Crippen molar-refractivity contribution in [2.24, 2.45) is 0 Å². The van der Waals surface area contributed by atoms with E-state index < -0.39 is 6.04 Å². The van der Waals surface area contributed by atoms with E-state index in [2.05, 4.69) is 0 Å². The van der Waals surface area contributed by atoms with Gasteiger partial charge >= 0.3 is 0 Å². The molecule has 0 bridgehead atoms. The molecule has 1 aromatic rings. The van der Waals surface area contributed by atoms with Crippen molar-refractivity contribution in [2.45, 2.75) is 19.4 Å². The molecule has 0 saturated heterocycles. The van der Waals surface area contributed by atoms with E-state index in [9.17, 15) is 10.1 Å². The van der Waals surface area contributed by atoms with E-state index in [0.29, 0.717) is 6.42 Å². The normalized spacial score (nSPS) is 12.4. The Morgan fingerprint density at radius 2 is 2.00 bits per heavy atom. The van der Waals surface area contributed by atoms with Gasteiger partial charge in [-0.15, -0.1) is 0 Å². The zero-order valence-electron chi connectivity index (χ0n) is 6.93. The molecule has 0 N–H and O–H groups in total. The molecule has 3 nitrogen and oxygen atoms in total. The Kier molecular flexibility index (Phi) is 2.80. The van der Waals surface area contributed by atoms with Crippen molar-refractivity contribution in [2.75, 3.05) is 0 Å². The maximum Gasteiger partial charge on any atom is 0.214 e. The minimum Gasteiger partial charge on any atom is -0.264 e. The lowest BCUT2D eigenvalue weighted by atomic mass is 10.1. The lowest BCUT2D eigenvalue weighted by molar-refractivity contribution is -0.517. The molecule has 1 aromatic carbocycles. The van der Waals surface area contributed by atoms with Gasteiger partial charge in [0.15, 0.2) is 0 Å². The molecular weight excluding hydrogens is 154 g/mol. The molecule has 0 radical (unpaired) electrons. The largest absolute Gasteiger partial charge is 0.264 e. The number of hydrogen-bond donors (Lipinski definition) is 0. The first-order valence-electron chi connectivity index (χ1n) is 3.87. The van der Waals surface area contributed by atoms with Crippen molar-refractivity contribution in [3.8, 4) is 0 Å². The van der Waals surface area contributed by atoms with Gasteiger partial charge in [-0.25, -0.2) is 0 Å². The van der Waals surface area contributed by atoms with E-state index >= 15 is 0 Å². The zero-order valence-corrected chi connectivity index (χ0v) is 6.93. The van der Waals surface area contributed by atoms with Gasteiger partial charge in [0.1, 0.15) is 0 Å². The summed E-state index contributed by atoms with van der Waals surface area (Å²) in [5, 5.41) is 10.3. The van der Waals surface area contributed by atoms with E-state index in [1.807, 2.05) is 30.3 Å². The highest BCUT2D eigenvalue weighted by atomic mass is 16.6. The fourth-order valence-electron chi connectivity index (χ4n) is 1.03. The van der Waals surface area contributed by atoms with E-state index in [1.165, 1.54) is 0 Å². The van der Waals surface area contributed by atoms with Crippen LogP contribution in [0.15, 0.2) is 30.3 Å². The summed E-state index contributed by atoms with van der Waals surface area (Å²) in [7, 11) is 0. The number of nitro groups is 1. The summed E-state index contributed by atoms with van der Waals surface area (Å²) in [4.78, 5) is 10.1. The van der Waals surface area contributed by atoms with Crippen molar-refractivity contribution >= 4 is 0 Å². The number of nitrogens with zero attached hydrogens (tertiary/aromatic N) is 1. The van der Waals surface area contributed by atoms with Gasteiger partial charge < -0.3 is 0 Å². The SMILES string of the molecule is CC(Cc1ccccc1)[N+](=O)[O-]. The van der Waals surface area contributed by atoms with Crippen LogP contribution in [0, 0.1) is 10.1 Å². The van der Waals surface area contributed by atoms with Crippen LogP contribution in [-0.4, -0.2) is 11.0 Å². The Morgan fingerprint density at radius 3 is 2.50 bits per heavy atom. The molecule has 0 saturated carbocycles. The van der Waals surface area contributed by atoms with Crippen LogP contribution in [0.4, 0.5) is 0 Å². The molecule has 0 fully saturated rings. The molecule has 0 heterocycles. The minimum absolute atomic E-state index is 0.257. The van der Waals surface area contributed by atoms with Crippen LogP contribution in [0.3, 0.4) is 0 Å². The molecule has 12 heavy (non-hydrogen) atoms. The maximum atomic E-state index is 10.3. The molecule has 0 amide bonds. The zero-order chi connectivity index (χ0) is 8.97. The maximum absolute atomic E-state index is 10.3. The van der Waals surface area contributed by atoms with Crippen molar-refractivity contribution in [3.63, 3.8) is 0 Å². The predicted octanol–water partition coefficient (Wildman–Crippen LogP) is 1.89. The number of hydrogen-bond acceptors (Lipinski definition) is 2. The third-order valence-electron chi connectivity index (χ3n) is 1.73. The smallest absolute Gasteiger partial charge is 0.214 e. The Hall–Kier alpha value is -1.38. The molecule has 0 aromatic heterocycles. The first-order chi connectivity index (χ1) is 5.70. The number of benzene rings is 1. The molecule has 1 unspecified atom stereocenters. The highest BCUT2D eigenvalue weighted by Crippen LogP contribution is 2.04. The van der Waals surface area contributed by atoms with E-state index in [4.69, 9.17) is 0 Å². The average molecular weight is 165 g/mol. The fourth-order valence-corrected chi connectivity index (χ4v) is 1.03. The van der Waals surface area contributed by atoms with Gasteiger partial charge in [-0.3, -0.25) is 10.1 Å². The molecule has 3 heteroatoms.